The van der Waals surface area contributed by atoms with E-state index in [0.29, 0.717) is 12.0 Å². The number of hydrogen-bond donors (Lipinski definition) is 1. The molecule has 98 valence electrons. The Morgan fingerprint density at radius 3 is 2.88 bits per heavy atom. The van der Waals surface area contributed by atoms with Crippen molar-refractivity contribution >= 4 is 0 Å². The highest BCUT2D eigenvalue weighted by molar-refractivity contribution is 4.88. The Hall–Kier alpha value is -0.940. The first-order chi connectivity index (χ1) is 8.19. The fourth-order valence-electron chi connectivity index (χ4n) is 1.76. The Bertz CT molecular complexity index is 313. The van der Waals surface area contributed by atoms with Gasteiger partial charge in [-0.3, -0.25) is 4.68 Å². The van der Waals surface area contributed by atoms with Gasteiger partial charge in [0.25, 0.3) is 0 Å². The van der Waals surface area contributed by atoms with Gasteiger partial charge in [-0.15, -0.1) is 0 Å². The van der Waals surface area contributed by atoms with E-state index in [-0.39, 0.29) is 0 Å². The molecule has 0 saturated carbocycles. The van der Waals surface area contributed by atoms with Gasteiger partial charge in [-0.25, -0.2) is 4.98 Å². The number of nitrogens with one attached hydrogen (secondary N) is 1. The molecule has 0 aliphatic rings. The van der Waals surface area contributed by atoms with Crippen molar-refractivity contribution in [3.8, 4) is 0 Å². The zero-order valence-electron chi connectivity index (χ0n) is 11.3. The van der Waals surface area contributed by atoms with Gasteiger partial charge in [0.2, 0.25) is 0 Å². The van der Waals surface area contributed by atoms with Crippen molar-refractivity contribution in [3.05, 3.63) is 12.2 Å². The van der Waals surface area contributed by atoms with Gasteiger partial charge in [0.1, 0.15) is 12.2 Å². The SMILES string of the molecule is CCn1ncnc1CC(C)C(C)NCCOC. The summed E-state index contributed by atoms with van der Waals surface area (Å²) in [6.07, 6.45) is 2.59. The van der Waals surface area contributed by atoms with E-state index in [4.69, 9.17) is 4.74 Å². The Balaban J connectivity index is 2.39. The molecule has 5 nitrogen and oxygen atoms in total. The first kappa shape index (κ1) is 14.1. The number of aromatic nitrogens is 3. The lowest BCUT2D eigenvalue weighted by atomic mass is 9.99. The number of aryl methyl sites for hydroxylation is 1. The van der Waals surface area contributed by atoms with E-state index < -0.39 is 0 Å². The van der Waals surface area contributed by atoms with Crippen LogP contribution in [0.25, 0.3) is 0 Å². The summed E-state index contributed by atoms with van der Waals surface area (Å²) in [6, 6.07) is 0.451. The minimum atomic E-state index is 0.451. The van der Waals surface area contributed by atoms with Crippen LogP contribution >= 0.6 is 0 Å². The smallest absolute Gasteiger partial charge is 0.138 e. The van der Waals surface area contributed by atoms with E-state index in [0.717, 1.165) is 31.9 Å². The van der Waals surface area contributed by atoms with Gasteiger partial charge in [0.15, 0.2) is 0 Å². The number of rotatable bonds is 8. The summed E-state index contributed by atoms with van der Waals surface area (Å²) in [4.78, 5) is 4.31. The largest absolute Gasteiger partial charge is 0.383 e. The predicted molar refractivity (Wildman–Crippen MR) is 67.9 cm³/mol. The standard InChI is InChI=1S/C12H24N4O/c1-5-16-12(14-9-15-16)8-10(2)11(3)13-6-7-17-4/h9-11,13H,5-8H2,1-4H3. The van der Waals surface area contributed by atoms with Gasteiger partial charge in [0, 0.05) is 32.7 Å². The zero-order chi connectivity index (χ0) is 12.7. The number of nitrogens with zero attached hydrogens (tertiary/aromatic N) is 3. The molecule has 1 rings (SSSR count). The quantitative estimate of drug-likeness (QED) is 0.691. The maximum absolute atomic E-state index is 5.03. The van der Waals surface area contributed by atoms with Crippen LogP contribution in [-0.4, -0.2) is 41.1 Å². The third kappa shape index (κ3) is 4.44. The third-order valence-corrected chi connectivity index (χ3v) is 3.13. The molecule has 2 unspecified atom stereocenters. The Kier molecular flexibility index (Phi) is 6.15. The molecule has 5 heteroatoms. The van der Waals surface area contributed by atoms with Crippen molar-refractivity contribution in [1.82, 2.24) is 20.1 Å². The summed E-state index contributed by atoms with van der Waals surface area (Å²) in [5.41, 5.74) is 0. The molecule has 0 aliphatic heterocycles. The van der Waals surface area contributed by atoms with Crippen molar-refractivity contribution in [2.45, 2.75) is 39.8 Å². The molecule has 1 aromatic heterocycles. The van der Waals surface area contributed by atoms with Crippen molar-refractivity contribution in [2.24, 2.45) is 5.92 Å². The van der Waals surface area contributed by atoms with Crippen LogP contribution in [0.2, 0.25) is 0 Å². The maximum atomic E-state index is 5.03. The molecular weight excluding hydrogens is 216 g/mol. The lowest BCUT2D eigenvalue weighted by Crippen LogP contribution is -2.35. The fraction of sp³-hybridized carbons (Fsp3) is 0.833. The highest BCUT2D eigenvalue weighted by Gasteiger charge is 2.15. The van der Waals surface area contributed by atoms with Gasteiger partial charge in [-0.1, -0.05) is 6.92 Å². The number of methoxy groups -OCH3 is 1. The first-order valence-corrected chi connectivity index (χ1v) is 6.28. The Morgan fingerprint density at radius 1 is 1.47 bits per heavy atom. The molecule has 0 aromatic carbocycles. The molecule has 1 N–H and O–H groups in total. The van der Waals surface area contributed by atoms with Crippen molar-refractivity contribution < 1.29 is 4.74 Å². The van der Waals surface area contributed by atoms with Crippen molar-refractivity contribution in [3.63, 3.8) is 0 Å². The Morgan fingerprint density at radius 2 is 2.24 bits per heavy atom. The summed E-state index contributed by atoms with van der Waals surface area (Å²) >= 11 is 0. The molecule has 0 fully saturated rings. The van der Waals surface area contributed by atoms with E-state index in [1.54, 1.807) is 13.4 Å². The van der Waals surface area contributed by atoms with Crippen LogP contribution in [0.3, 0.4) is 0 Å². The zero-order valence-corrected chi connectivity index (χ0v) is 11.3. The highest BCUT2D eigenvalue weighted by Crippen LogP contribution is 2.09. The van der Waals surface area contributed by atoms with E-state index in [1.165, 1.54) is 0 Å². The molecule has 0 amide bonds. The van der Waals surface area contributed by atoms with Gasteiger partial charge in [-0.05, 0) is 19.8 Å². The van der Waals surface area contributed by atoms with Gasteiger partial charge >= 0.3 is 0 Å². The van der Waals surface area contributed by atoms with Crippen molar-refractivity contribution in [2.75, 3.05) is 20.3 Å². The van der Waals surface area contributed by atoms with Crippen LogP contribution in [-0.2, 0) is 17.7 Å². The highest BCUT2D eigenvalue weighted by atomic mass is 16.5. The van der Waals surface area contributed by atoms with Crippen LogP contribution in [0.1, 0.15) is 26.6 Å². The van der Waals surface area contributed by atoms with Gasteiger partial charge < -0.3 is 10.1 Å². The second-order valence-corrected chi connectivity index (χ2v) is 4.41. The molecule has 0 spiro atoms. The first-order valence-electron chi connectivity index (χ1n) is 6.28. The van der Waals surface area contributed by atoms with Gasteiger partial charge in [0.05, 0.1) is 6.61 Å². The molecular formula is C12H24N4O. The second-order valence-electron chi connectivity index (χ2n) is 4.41. The summed E-state index contributed by atoms with van der Waals surface area (Å²) < 4.78 is 6.98. The van der Waals surface area contributed by atoms with E-state index in [2.05, 4.69) is 36.2 Å². The topological polar surface area (TPSA) is 52.0 Å². The molecule has 0 bridgehead atoms. The maximum Gasteiger partial charge on any atom is 0.138 e. The monoisotopic (exact) mass is 240 g/mol. The lowest BCUT2D eigenvalue weighted by molar-refractivity contribution is 0.192. The lowest BCUT2D eigenvalue weighted by Gasteiger charge is -2.21. The van der Waals surface area contributed by atoms with Crippen LogP contribution in [0, 0.1) is 5.92 Å². The molecule has 17 heavy (non-hydrogen) atoms. The van der Waals surface area contributed by atoms with Crippen LogP contribution in [0.5, 0.6) is 0 Å². The van der Waals surface area contributed by atoms with E-state index in [9.17, 15) is 0 Å². The molecule has 1 heterocycles. The normalized spacial score (nSPS) is 14.8. The number of ether oxygens (including phenoxy) is 1. The summed E-state index contributed by atoms with van der Waals surface area (Å²) in [5.74, 6) is 1.60. The van der Waals surface area contributed by atoms with E-state index >= 15 is 0 Å². The predicted octanol–water partition coefficient (Wildman–Crippen LogP) is 1.10. The minimum absolute atomic E-state index is 0.451. The number of hydrogen-bond acceptors (Lipinski definition) is 4. The van der Waals surface area contributed by atoms with Crippen LogP contribution < -0.4 is 5.32 Å². The third-order valence-electron chi connectivity index (χ3n) is 3.13. The van der Waals surface area contributed by atoms with Crippen LogP contribution in [0.4, 0.5) is 0 Å². The molecule has 0 radical (unpaired) electrons. The summed E-state index contributed by atoms with van der Waals surface area (Å²) in [6.45, 7) is 9.05. The summed E-state index contributed by atoms with van der Waals surface area (Å²) in [7, 11) is 1.72. The van der Waals surface area contributed by atoms with E-state index in [1.807, 2.05) is 4.68 Å². The second kappa shape index (κ2) is 7.40. The average Bonchev–Trinajstić information content (AvgIpc) is 2.76. The van der Waals surface area contributed by atoms with Crippen molar-refractivity contribution in [1.29, 1.82) is 0 Å². The Labute approximate surface area is 104 Å². The average molecular weight is 240 g/mol. The minimum Gasteiger partial charge on any atom is -0.383 e. The summed E-state index contributed by atoms with van der Waals surface area (Å²) in [5, 5.41) is 7.64. The fourth-order valence-corrected chi connectivity index (χ4v) is 1.76. The molecule has 0 aliphatic carbocycles. The van der Waals surface area contributed by atoms with Crippen LogP contribution in [0.15, 0.2) is 6.33 Å². The molecule has 2 atom stereocenters. The van der Waals surface area contributed by atoms with Gasteiger partial charge in [-0.2, -0.15) is 5.10 Å². The molecule has 1 aromatic rings. The molecule has 0 saturated heterocycles.